The van der Waals surface area contributed by atoms with E-state index in [0.29, 0.717) is 9.26 Å². The summed E-state index contributed by atoms with van der Waals surface area (Å²) in [5, 5.41) is 8.82. The second kappa shape index (κ2) is 4.14. The molecule has 72 valence electrons. The molecule has 0 aliphatic heterocycles. The number of aliphatic hydroxyl groups is 1. The fraction of sp³-hybridized carbons (Fsp3) is 0.286. The Hall–Kier alpha value is -0.500. The van der Waals surface area contributed by atoms with Crippen molar-refractivity contribution in [3.63, 3.8) is 0 Å². The van der Waals surface area contributed by atoms with Gasteiger partial charge in [-0.15, -0.1) is 0 Å². The van der Waals surface area contributed by atoms with Gasteiger partial charge in [0.1, 0.15) is 9.39 Å². The van der Waals surface area contributed by atoms with E-state index in [9.17, 15) is 8.78 Å². The lowest BCUT2D eigenvalue weighted by molar-refractivity contribution is 0.145. The Kier molecular flexibility index (Phi) is 3.37. The number of nitrogen functional groups attached to an aromatic ring is 1. The van der Waals surface area contributed by atoms with Crippen molar-refractivity contribution in [2.75, 3.05) is 5.73 Å². The van der Waals surface area contributed by atoms with Gasteiger partial charge < -0.3 is 10.8 Å². The Morgan fingerprint density at radius 3 is 2.62 bits per heavy atom. The number of hydrogen-bond acceptors (Lipinski definition) is 3. The van der Waals surface area contributed by atoms with Gasteiger partial charge in [0.25, 0.3) is 6.43 Å². The molecule has 0 amide bonds. The van der Waals surface area contributed by atoms with Gasteiger partial charge >= 0.3 is 0 Å². The Morgan fingerprint density at radius 2 is 2.23 bits per heavy atom. The molecular weight excluding hydrogens is 293 g/mol. The maximum Gasteiger partial charge on any atom is 0.280 e. The van der Waals surface area contributed by atoms with Gasteiger partial charge in [0.2, 0.25) is 0 Å². The van der Waals surface area contributed by atoms with E-state index in [1.54, 1.807) is 22.6 Å². The van der Waals surface area contributed by atoms with Gasteiger partial charge in [-0.1, -0.05) is 0 Å². The summed E-state index contributed by atoms with van der Waals surface area (Å²) >= 11 is 1.76. The minimum atomic E-state index is -2.64. The van der Waals surface area contributed by atoms with Crippen LogP contribution in [-0.2, 0) is 6.61 Å². The van der Waals surface area contributed by atoms with Crippen LogP contribution in [0.5, 0.6) is 0 Å². The molecule has 0 saturated carbocycles. The zero-order chi connectivity index (χ0) is 10.0. The van der Waals surface area contributed by atoms with Gasteiger partial charge in [-0.25, -0.2) is 13.8 Å². The summed E-state index contributed by atoms with van der Waals surface area (Å²) < 4.78 is 24.7. The fourth-order valence-corrected chi connectivity index (χ4v) is 1.61. The summed E-state index contributed by atoms with van der Waals surface area (Å²) in [7, 11) is 0. The summed E-state index contributed by atoms with van der Waals surface area (Å²) in [6.45, 7) is -0.291. The summed E-state index contributed by atoms with van der Waals surface area (Å²) in [5.41, 5.74) is 5.61. The molecule has 0 unspecified atom stereocenters. The van der Waals surface area contributed by atoms with Crippen molar-refractivity contribution >= 4 is 28.3 Å². The van der Waals surface area contributed by atoms with E-state index >= 15 is 0 Å². The fourth-order valence-electron chi connectivity index (χ4n) is 0.847. The molecule has 0 aliphatic rings. The van der Waals surface area contributed by atoms with Crippen molar-refractivity contribution in [2.45, 2.75) is 13.0 Å². The highest BCUT2D eigenvalue weighted by Gasteiger charge is 2.13. The predicted molar refractivity (Wildman–Crippen MR) is 52.2 cm³/mol. The van der Waals surface area contributed by atoms with Gasteiger partial charge in [0, 0.05) is 11.3 Å². The first kappa shape index (κ1) is 10.6. The summed E-state index contributed by atoms with van der Waals surface area (Å²) in [6.07, 6.45) is -2.64. The number of nitrogens with two attached hydrogens (primary N) is 1. The van der Waals surface area contributed by atoms with Crippen LogP contribution in [-0.4, -0.2) is 10.1 Å². The highest BCUT2D eigenvalue weighted by Crippen LogP contribution is 2.24. The molecule has 0 aliphatic carbocycles. The second-order valence-electron chi connectivity index (χ2n) is 2.36. The molecule has 1 aromatic heterocycles. The van der Waals surface area contributed by atoms with Gasteiger partial charge in [0.05, 0.1) is 6.61 Å². The van der Waals surface area contributed by atoms with Crippen LogP contribution in [0.3, 0.4) is 0 Å². The standard InChI is InChI=1S/C7H7F2IN2O/c8-6(9)5-1-4(11)3(2-13)7(10)12-5/h1,6,13H,2H2,(H2,11,12). The summed E-state index contributed by atoms with van der Waals surface area (Å²) in [5.74, 6) is 0. The highest BCUT2D eigenvalue weighted by atomic mass is 127. The number of pyridine rings is 1. The number of halogens is 3. The first-order valence-electron chi connectivity index (χ1n) is 3.40. The number of anilines is 1. The summed E-state index contributed by atoms with van der Waals surface area (Å²) in [4.78, 5) is 3.60. The van der Waals surface area contributed by atoms with E-state index in [1.165, 1.54) is 0 Å². The van der Waals surface area contributed by atoms with Crippen molar-refractivity contribution in [1.82, 2.24) is 4.98 Å². The molecule has 0 saturated heterocycles. The molecule has 0 bridgehead atoms. The molecule has 0 atom stereocenters. The van der Waals surface area contributed by atoms with E-state index in [-0.39, 0.29) is 18.0 Å². The van der Waals surface area contributed by atoms with Crippen LogP contribution < -0.4 is 5.73 Å². The molecule has 0 radical (unpaired) electrons. The van der Waals surface area contributed by atoms with E-state index < -0.39 is 6.43 Å². The molecule has 6 heteroatoms. The van der Waals surface area contributed by atoms with Gasteiger partial charge in [-0.3, -0.25) is 0 Å². The number of alkyl halides is 2. The number of nitrogens with zero attached hydrogens (tertiary/aromatic N) is 1. The third-order valence-corrected chi connectivity index (χ3v) is 2.40. The third-order valence-electron chi connectivity index (χ3n) is 1.51. The van der Waals surface area contributed by atoms with E-state index in [4.69, 9.17) is 10.8 Å². The largest absolute Gasteiger partial charge is 0.398 e. The van der Waals surface area contributed by atoms with Crippen molar-refractivity contribution in [2.24, 2.45) is 0 Å². The first-order chi connectivity index (χ1) is 6.06. The van der Waals surface area contributed by atoms with Crippen molar-refractivity contribution in [3.8, 4) is 0 Å². The molecule has 13 heavy (non-hydrogen) atoms. The molecule has 3 N–H and O–H groups in total. The lowest BCUT2D eigenvalue weighted by atomic mass is 10.2. The summed E-state index contributed by atoms with van der Waals surface area (Å²) in [6, 6.07) is 1.08. The van der Waals surface area contributed by atoms with Crippen molar-refractivity contribution in [3.05, 3.63) is 21.0 Å². The lowest BCUT2D eigenvalue weighted by Gasteiger charge is -2.07. The monoisotopic (exact) mass is 300 g/mol. The average molecular weight is 300 g/mol. The maximum atomic E-state index is 12.2. The molecule has 3 nitrogen and oxygen atoms in total. The topological polar surface area (TPSA) is 59.1 Å². The number of hydrogen-bond donors (Lipinski definition) is 2. The minimum Gasteiger partial charge on any atom is -0.398 e. The molecule has 0 spiro atoms. The predicted octanol–water partition coefficient (Wildman–Crippen LogP) is 1.70. The zero-order valence-corrected chi connectivity index (χ0v) is 8.62. The minimum absolute atomic E-state index is 0.150. The van der Waals surface area contributed by atoms with Crippen LogP contribution in [0.25, 0.3) is 0 Å². The number of aromatic nitrogens is 1. The second-order valence-corrected chi connectivity index (χ2v) is 3.39. The molecule has 0 aromatic carbocycles. The smallest absolute Gasteiger partial charge is 0.280 e. The average Bonchev–Trinajstić information content (AvgIpc) is 2.03. The van der Waals surface area contributed by atoms with Crippen LogP contribution in [0.15, 0.2) is 6.07 Å². The zero-order valence-electron chi connectivity index (χ0n) is 6.47. The normalized spacial score (nSPS) is 10.8. The number of aliphatic hydroxyl groups excluding tert-OH is 1. The quantitative estimate of drug-likeness (QED) is 0.645. The third kappa shape index (κ3) is 2.25. The van der Waals surface area contributed by atoms with Gasteiger partial charge in [0.15, 0.2) is 0 Å². The Morgan fingerprint density at radius 1 is 1.62 bits per heavy atom. The SMILES string of the molecule is Nc1cc(C(F)F)nc(I)c1CO. The maximum absolute atomic E-state index is 12.2. The Bertz CT molecular complexity index is 296. The van der Waals surface area contributed by atoms with Gasteiger partial charge in [-0.05, 0) is 28.7 Å². The lowest BCUT2D eigenvalue weighted by Crippen LogP contribution is -2.03. The van der Waals surface area contributed by atoms with E-state index in [0.717, 1.165) is 6.07 Å². The molecule has 1 rings (SSSR count). The number of rotatable bonds is 2. The molecule has 1 heterocycles. The highest BCUT2D eigenvalue weighted by molar-refractivity contribution is 14.1. The van der Waals surface area contributed by atoms with E-state index in [1.807, 2.05) is 0 Å². The molecule has 0 fully saturated rings. The molecular formula is C7H7F2IN2O. The van der Waals surface area contributed by atoms with Crippen molar-refractivity contribution < 1.29 is 13.9 Å². The Labute approximate surface area is 87.1 Å². The Balaban J connectivity index is 3.20. The van der Waals surface area contributed by atoms with Crippen LogP contribution in [0.4, 0.5) is 14.5 Å². The van der Waals surface area contributed by atoms with Crippen LogP contribution in [0.1, 0.15) is 17.7 Å². The first-order valence-corrected chi connectivity index (χ1v) is 4.48. The van der Waals surface area contributed by atoms with Crippen LogP contribution in [0, 0.1) is 3.70 Å². The van der Waals surface area contributed by atoms with Gasteiger partial charge in [-0.2, -0.15) is 0 Å². The van der Waals surface area contributed by atoms with E-state index in [2.05, 4.69) is 4.98 Å². The van der Waals surface area contributed by atoms with Crippen molar-refractivity contribution in [1.29, 1.82) is 0 Å². The van der Waals surface area contributed by atoms with Crippen LogP contribution >= 0.6 is 22.6 Å². The van der Waals surface area contributed by atoms with Crippen LogP contribution in [0.2, 0.25) is 0 Å². The molecule has 1 aromatic rings.